The molecule has 0 spiro atoms. The Morgan fingerprint density at radius 1 is 1.06 bits per heavy atom. The lowest BCUT2D eigenvalue weighted by Gasteiger charge is -2.13. The van der Waals surface area contributed by atoms with Gasteiger partial charge in [-0.25, -0.2) is 4.98 Å². The maximum absolute atomic E-state index is 13.2. The third-order valence-corrected chi connectivity index (χ3v) is 6.34. The van der Waals surface area contributed by atoms with Crippen LogP contribution in [0.15, 0.2) is 69.9 Å². The van der Waals surface area contributed by atoms with Crippen molar-refractivity contribution in [2.24, 2.45) is 0 Å². The number of thiophene rings is 1. The zero-order valence-electron chi connectivity index (χ0n) is 17.4. The number of rotatable bonds is 6. The fourth-order valence-electron chi connectivity index (χ4n) is 3.19. The van der Waals surface area contributed by atoms with Crippen molar-refractivity contribution < 1.29 is 9.59 Å². The second kappa shape index (κ2) is 9.37. The molecule has 0 unspecified atom stereocenters. The SMILES string of the molecule is CC(=O)Nc1cccc(NC(=O)CSc2nc3ccsc3c(=O)n2-c2cccc(C)c2)c1. The van der Waals surface area contributed by atoms with Crippen LogP contribution in [0.5, 0.6) is 0 Å². The van der Waals surface area contributed by atoms with E-state index in [-0.39, 0.29) is 23.1 Å². The minimum atomic E-state index is -0.245. The second-order valence-corrected chi connectivity index (χ2v) is 8.97. The van der Waals surface area contributed by atoms with Gasteiger partial charge in [-0.05, 0) is 54.3 Å². The summed E-state index contributed by atoms with van der Waals surface area (Å²) in [5.41, 5.74) is 3.37. The number of carbonyl (C=O) groups is 2. The number of nitrogens with zero attached hydrogens (tertiary/aromatic N) is 2. The first-order chi connectivity index (χ1) is 15.4. The summed E-state index contributed by atoms with van der Waals surface area (Å²) in [4.78, 5) is 41.6. The van der Waals surface area contributed by atoms with Crippen LogP contribution < -0.4 is 16.2 Å². The average molecular weight is 465 g/mol. The Balaban J connectivity index is 1.58. The van der Waals surface area contributed by atoms with Crippen LogP contribution in [0.3, 0.4) is 0 Å². The van der Waals surface area contributed by atoms with Crippen LogP contribution in [-0.2, 0) is 9.59 Å². The summed E-state index contributed by atoms with van der Waals surface area (Å²) in [5.74, 6) is -0.364. The van der Waals surface area contributed by atoms with Crippen LogP contribution in [0.4, 0.5) is 11.4 Å². The number of nitrogens with one attached hydrogen (secondary N) is 2. The molecule has 2 aromatic heterocycles. The third-order valence-electron chi connectivity index (χ3n) is 4.51. The maximum Gasteiger partial charge on any atom is 0.276 e. The van der Waals surface area contributed by atoms with Gasteiger partial charge in [-0.15, -0.1) is 11.3 Å². The topological polar surface area (TPSA) is 93.1 Å². The van der Waals surface area contributed by atoms with E-state index in [4.69, 9.17) is 0 Å². The lowest BCUT2D eigenvalue weighted by atomic mass is 10.2. The van der Waals surface area contributed by atoms with Gasteiger partial charge < -0.3 is 10.6 Å². The van der Waals surface area contributed by atoms with Crippen LogP contribution in [0.1, 0.15) is 12.5 Å². The molecule has 9 heteroatoms. The third kappa shape index (κ3) is 4.90. The normalized spacial score (nSPS) is 10.8. The minimum Gasteiger partial charge on any atom is -0.326 e. The highest BCUT2D eigenvalue weighted by Crippen LogP contribution is 2.24. The Morgan fingerprint density at radius 3 is 2.56 bits per heavy atom. The first-order valence-corrected chi connectivity index (χ1v) is 11.6. The van der Waals surface area contributed by atoms with Gasteiger partial charge in [0.2, 0.25) is 11.8 Å². The minimum absolute atomic E-state index is 0.0677. The number of amides is 2. The molecule has 162 valence electrons. The molecule has 2 aromatic carbocycles. The second-order valence-electron chi connectivity index (χ2n) is 7.11. The molecule has 32 heavy (non-hydrogen) atoms. The molecule has 0 saturated carbocycles. The summed E-state index contributed by atoms with van der Waals surface area (Å²) in [7, 11) is 0. The fraction of sp³-hybridized carbons (Fsp3) is 0.130. The summed E-state index contributed by atoms with van der Waals surface area (Å²) in [6.45, 7) is 3.38. The van der Waals surface area contributed by atoms with Crippen molar-refractivity contribution in [1.82, 2.24) is 9.55 Å². The van der Waals surface area contributed by atoms with Crippen molar-refractivity contribution in [1.29, 1.82) is 0 Å². The first-order valence-electron chi connectivity index (χ1n) is 9.78. The molecule has 4 aromatic rings. The van der Waals surface area contributed by atoms with Crippen molar-refractivity contribution in [3.63, 3.8) is 0 Å². The van der Waals surface area contributed by atoms with E-state index in [1.165, 1.54) is 30.0 Å². The molecular weight excluding hydrogens is 444 g/mol. The molecule has 4 rings (SSSR count). The lowest BCUT2D eigenvalue weighted by molar-refractivity contribution is -0.114. The molecule has 0 saturated heterocycles. The summed E-state index contributed by atoms with van der Waals surface area (Å²) in [6.07, 6.45) is 0. The molecule has 2 heterocycles. The van der Waals surface area contributed by atoms with E-state index >= 15 is 0 Å². The van der Waals surface area contributed by atoms with Crippen LogP contribution in [-0.4, -0.2) is 27.1 Å². The molecule has 0 aliphatic heterocycles. The van der Waals surface area contributed by atoms with E-state index in [1.807, 2.05) is 36.6 Å². The number of hydrogen-bond donors (Lipinski definition) is 2. The summed E-state index contributed by atoms with van der Waals surface area (Å²) < 4.78 is 2.14. The van der Waals surface area contributed by atoms with Crippen molar-refractivity contribution in [3.05, 3.63) is 75.9 Å². The molecule has 0 aliphatic rings. The van der Waals surface area contributed by atoms with Gasteiger partial charge >= 0.3 is 0 Å². The highest BCUT2D eigenvalue weighted by molar-refractivity contribution is 7.99. The van der Waals surface area contributed by atoms with E-state index in [9.17, 15) is 14.4 Å². The molecule has 2 amide bonds. The fourth-order valence-corrected chi connectivity index (χ4v) is 4.76. The van der Waals surface area contributed by atoms with Crippen LogP contribution in [0.2, 0.25) is 0 Å². The molecular formula is C23H20N4O3S2. The molecule has 0 bridgehead atoms. The standard InChI is InChI=1S/C23H20N4O3S2/c1-14-5-3-8-18(11-14)27-22(30)21-19(9-10-31-21)26-23(27)32-13-20(29)25-17-7-4-6-16(12-17)24-15(2)28/h3-12H,13H2,1-2H3,(H,24,28)(H,25,29). The molecule has 0 radical (unpaired) electrons. The monoisotopic (exact) mass is 464 g/mol. The average Bonchev–Trinajstić information content (AvgIpc) is 3.21. The predicted molar refractivity (Wildman–Crippen MR) is 130 cm³/mol. The number of aryl methyl sites for hydroxylation is 1. The van der Waals surface area contributed by atoms with Gasteiger partial charge in [0, 0.05) is 18.3 Å². The molecule has 0 fully saturated rings. The zero-order valence-corrected chi connectivity index (χ0v) is 19.0. The Labute approximate surface area is 192 Å². The van der Waals surface area contributed by atoms with Gasteiger partial charge in [0.1, 0.15) is 4.70 Å². The maximum atomic E-state index is 13.2. The number of benzene rings is 2. The van der Waals surface area contributed by atoms with Gasteiger partial charge in [0.15, 0.2) is 5.16 Å². The summed E-state index contributed by atoms with van der Waals surface area (Å²) in [5, 5.41) is 7.79. The number of carbonyl (C=O) groups excluding carboxylic acids is 2. The zero-order chi connectivity index (χ0) is 22.7. The van der Waals surface area contributed by atoms with Crippen molar-refractivity contribution >= 4 is 56.5 Å². The summed E-state index contributed by atoms with van der Waals surface area (Å²) >= 11 is 2.55. The van der Waals surface area contributed by atoms with Gasteiger partial charge in [-0.3, -0.25) is 19.0 Å². The molecule has 0 atom stereocenters. The van der Waals surface area contributed by atoms with E-state index in [0.29, 0.717) is 32.4 Å². The van der Waals surface area contributed by atoms with Crippen LogP contribution in [0.25, 0.3) is 15.9 Å². The van der Waals surface area contributed by atoms with Gasteiger partial charge in [-0.2, -0.15) is 0 Å². The summed E-state index contributed by atoms with van der Waals surface area (Å²) in [6, 6.07) is 16.3. The Bertz CT molecular complexity index is 1380. The van der Waals surface area contributed by atoms with Crippen LogP contribution in [0, 0.1) is 6.92 Å². The smallest absolute Gasteiger partial charge is 0.276 e. The highest BCUT2D eigenvalue weighted by Gasteiger charge is 2.16. The predicted octanol–water partition coefficient (Wildman–Crippen LogP) is 4.44. The molecule has 2 N–H and O–H groups in total. The van der Waals surface area contributed by atoms with Crippen molar-refractivity contribution in [3.8, 4) is 5.69 Å². The van der Waals surface area contributed by atoms with E-state index in [0.717, 1.165) is 5.56 Å². The van der Waals surface area contributed by atoms with Crippen LogP contribution >= 0.6 is 23.1 Å². The number of fused-ring (bicyclic) bond motifs is 1. The number of aromatic nitrogens is 2. The first kappa shape index (κ1) is 21.8. The van der Waals surface area contributed by atoms with Crippen molar-refractivity contribution in [2.75, 3.05) is 16.4 Å². The Morgan fingerprint density at radius 2 is 1.81 bits per heavy atom. The van der Waals surface area contributed by atoms with E-state index < -0.39 is 0 Å². The largest absolute Gasteiger partial charge is 0.326 e. The van der Waals surface area contributed by atoms with Gasteiger partial charge in [-0.1, -0.05) is 30.0 Å². The quantitative estimate of drug-likeness (QED) is 0.325. The number of hydrogen-bond acceptors (Lipinski definition) is 6. The Kier molecular flexibility index (Phi) is 6.38. The number of anilines is 2. The highest BCUT2D eigenvalue weighted by atomic mass is 32.2. The Hall–Kier alpha value is -3.43. The van der Waals surface area contributed by atoms with E-state index in [2.05, 4.69) is 15.6 Å². The lowest BCUT2D eigenvalue weighted by Crippen LogP contribution is -2.22. The van der Waals surface area contributed by atoms with Gasteiger partial charge in [0.25, 0.3) is 5.56 Å². The van der Waals surface area contributed by atoms with E-state index in [1.54, 1.807) is 34.9 Å². The number of thioether (sulfide) groups is 1. The molecule has 0 aliphatic carbocycles. The van der Waals surface area contributed by atoms with Gasteiger partial charge in [0.05, 0.1) is 17.0 Å². The molecule has 7 nitrogen and oxygen atoms in total. The van der Waals surface area contributed by atoms with Crippen molar-refractivity contribution in [2.45, 2.75) is 19.0 Å².